The van der Waals surface area contributed by atoms with Crippen LogP contribution >= 0.6 is 0 Å². The van der Waals surface area contributed by atoms with Gasteiger partial charge in [-0.1, -0.05) is 69.9 Å². The van der Waals surface area contributed by atoms with Gasteiger partial charge in [0, 0.05) is 5.92 Å². The van der Waals surface area contributed by atoms with Crippen molar-refractivity contribution in [2.24, 2.45) is 11.8 Å². The Morgan fingerprint density at radius 2 is 1.66 bits per heavy atom. The van der Waals surface area contributed by atoms with E-state index in [1.54, 1.807) is 12.1 Å². The summed E-state index contributed by atoms with van der Waals surface area (Å²) in [5.74, 6) is -0.903. The number of carbonyl (C=O) groups is 2. The first kappa shape index (κ1) is 26.3. The highest BCUT2D eigenvalue weighted by Crippen LogP contribution is 2.41. The summed E-state index contributed by atoms with van der Waals surface area (Å²) in [4.78, 5) is 25.5. The number of aliphatic hydroxyl groups is 1. The Morgan fingerprint density at radius 3 is 2.22 bits per heavy atom. The molecule has 0 heterocycles. The van der Waals surface area contributed by atoms with Crippen LogP contribution in [0.4, 0.5) is 0 Å². The molecule has 1 aliphatic carbocycles. The number of carbonyl (C=O) groups excluding carboxylic acids is 2. The number of ether oxygens (including phenoxy) is 2. The Balaban J connectivity index is 1.92. The maximum atomic E-state index is 13.1. The molecule has 6 nitrogen and oxygen atoms in total. The van der Waals surface area contributed by atoms with E-state index in [1.807, 2.05) is 32.3 Å². The quantitative estimate of drug-likeness (QED) is 0.275. The summed E-state index contributed by atoms with van der Waals surface area (Å²) in [5.41, 5.74) is -1.02. The molecule has 0 saturated heterocycles. The number of quaternary nitrogens is 1. The van der Waals surface area contributed by atoms with E-state index in [2.05, 4.69) is 13.8 Å². The van der Waals surface area contributed by atoms with Gasteiger partial charge < -0.3 is 14.6 Å². The molecule has 1 aromatic rings. The normalized spacial score (nSPS) is 16.7. The van der Waals surface area contributed by atoms with Crippen LogP contribution in [0.3, 0.4) is 0 Å². The zero-order valence-corrected chi connectivity index (χ0v) is 20.3. The van der Waals surface area contributed by atoms with Crippen molar-refractivity contribution in [3.8, 4) is 0 Å². The van der Waals surface area contributed by atoms with E-state index in [0.29, 0.717) is 16.6 Å². The third-order valence-electron chi connectivity index (χ3n) is 6.56. The number of hydrogen-bond donors (Lipinski definition) is 1. The van der Waals surface area contributed by atoms with Crippen LogP contribution in [0.15, 0.2) is 30.3 Å². The lowest BCUT2D eigenvalue weighted by atomic mass is 9.80. The van der Waals surface area contributed by atoms with Gasteiger partial charge in [-0.15, -0.1) is 0 Å². The third kappa shape index (κ3) is 7.04. The lowest BCUT2D eigenvalue weighted by Crippen LogP contribution is -2.47. The molecule has 180 valence electrons. The van der Waals surface area contributed by atoms with Crippen LogP contribution < -0.4 is 0 Å². The predicted octanol–water partition coefficient (Wildman–Crippen LogP) is 4.40. The lowest BCUT2D eigenvalue weighted by molar-refractivity contribution is -0.907. The van der Waals surface area contributed by atoms with Crippen molar-refractivity contribution in [3.05, 3.63) is 35.9 Å². The topological polar surface area (TPSA) is 72.8 Å². The van der Waals surface area contributed by atoms with E-state index in [1.165, 1.54) is 0 Å². The zero-order valence-electron chi connectivity index (χ0n) is 20.3. The fourth-order valence-corrected chi connectivity index (χ4v) is 4.55. The van der Waals surface area contributed by atoms with Crippen molar-refractivity contribution in [1.29, 1.82) is 0 Å². The fraction of sp³-hybridized carbons (Fsp3) is 0.692. The van der Waals surface area contributed by atoms with Crippen LogP contribution in [0, 0.1) is 11.8 Å². The first-order valence-electron chi connectivity index (χ1n) is 12.2. The first-order valence-corrected chi connectivity index (χ1v) is 12.2. The summed E-state index contributed by atoms with van der Waals surface area (Å²) in [6, 6.07) is 9.13. The molecule has 0 aliphatic heterocycles. The summed E-state index contributed by atoms with van der Waals surface area (Å²) in [6.07, 6.45) is 7.26. The minimum Gasteiger partial charge on any atom is -0.457 e. The lowest BCUT2D eigenvalue weighted by Gasteiger charge is -2.33. The molecule has 1 saturated carbocycles. The average Bonchev–Trinajstić information content (AvgIpc) is 3.32. The molecule has 0 spiro atoms. The summed E-state index contributed by atoms with van der Waals surface area (Å²) in [7, 11) is 3.88. The molecule has 0 radical (unpaired) electrons. The van der Waals surface area contributed by atoms with E-state index in [9.17, 15) is 14.7 Å². The predicted molar refractivity (Wildman–Crippen MR) is 124 cm³/mol. The molecular formula is C26H42NO5+. The monoisotopic (exact) mass is 448 g/mol. The highest BCUT2D eigenvalue weighted by Gasteiger charge is 2.47. The van der Waals surface area contributed by atoms with E-state index in [-0.39, 0.29) is 31.1 Å². The van der Waals surface area contributed by atoms with Gasteiger partial charge in [-0.3, -0.25) is 9.28 Å². The highest BCUT2D eigenvalue weighted by molar-refractivity contribution is 5.81. The van der Waals surface area contributed by atoms with Gasteiger partial charge in [-0.05, 0) is 31.2 Å². The van der Waals surface area contributed by atoms with Crippen molar-refractivity contribution in [1.82, 2.24) is 0 Å². The minimum absolute atomic E-state index is 0.0462. The Kier molecular flexibility index (Phi) is 10.2. The molecule has 2 rings (SSSR count). The van der Waals surface area contributed by atoms with Crippen molar-refractivity contribution in [2.45, 2.75) is 70.8 Å². The van der Waals surface area contributed by atoms with E-state index in [4.69, 9.17) is 9.47 Å². The van der Waals surface area contributed by atoms with Crippen LogP contribution in [-0.2, 0) is 24.7 Å². The van der Waals surface area contributed by atoms with Crippen LogP contribution in [0.25, 0.3) is 0 Å². The van der Waals surface area contributed by atoms with Crippen molar-refractivity contribution >= 4 is 11.9 Å². The number of likely N-dealkylation sites (N-methyl/N-ethyl adjacent to an activating group) is 1. The van der Waals surface area contributed by atoms with Crippen molar-refractivity contribution in [3.63, 3.8) is 0 Å². The van der Waals surface area contributed by atoms with Gasteiger partial charge in [-0.2, -0.15) is 0 Å². The molecule has 0 aromatic heterocycles. The second-order valence-electron chi connectivity index (χ2n) is 9.78. The molecule has 32 heavy (non-hydrogen) atoms. The number of rotatable bonds is 13. The maximum Gasteiger partial charge on any atom is 0.343 e. The Hall–Kier alpha value is -1.92. The van der Waals surface area contributed by atoms with E-state index >= 15 is 0 Å². The number of benzene rings is 1. The van der Waals surface area contributed by atoms with Gasteiger partial charge in [0.2, 0.25) is 6.73 Å². The summed E-state index contributed by atoms with van der Waals surface area (Å²) in [6.45, 7) is 5.02. The van der Waals surface area contributed by atoms with Crippen LogP contribution in [0.5, 0.6) is 0 Å². The van der Waals surface area contributed by atoms with Crippen LogP contribution in [0.1, 0.15) is 70.8 Å². The third-order valence-corrected chi connectivity index (χ3v) is 6.56. The van der Waals surface area contributed by atoms with E-state index < -0.39 is 11.6 Å². The number of hydrogen-bond acceptors (Lipinski definition) is 5. The first-order chi connectivity index (χ1) is 15.2. The van der Waals surface area contributed by atoms with Gasteiger partial charge in [-0.25, -0.2) is 4.79 Å². The largest absolute Gasteiger partial charge is 0.457 e. The number of esters is 2. The molecule has 1 aliphatic rings. The molecule has 0 amide bonds. The molecule has 1 N–H and O–H groups in total. The van der Waals surface area contributed by atoms with Crippen LogP contribution in [0.2, 0.25) is 0 Å². The second kappa shape index (κ2) is 12.4. The highest BCUT2D eigenvalue weighted by atomic mass is 16.6. The molecule has 1 aromatic carbocycles. The second-order valence-corrected chi connectivity index (χ2v) is 9.78. The molecule has 1 atom stereocenters. The van der Waals surface area contributed by atoms with Gasteiger partial charge in [0.15, 0.2) is 5.60 Å². The van der Waals surface area contributed by atoms with Crippen LogP contribution in [-0.4, -0.2) is 55.5 Å². The summed E-state index contributed by atoms with van der Waals surface area (Å²) >= 11 is 0. The Labute approximate surface area is 193 Å². The fourth-order valence-electron chi connectivity index (χ4n) is 4.55. The SMILES string of the molecule is CCCC(CCC)C(=O)OC[N+](C)(C)CCOC(=O)[C@](O)(c1ccccc1)C1CCCC1. The van der Waals surface area contributed by atoms with Gasteiger partial charge in [0.1, 0.15) is 13.2 Å². The standard InChI is InChI=1S/C26H42NO5/c1-5-12-21(13-6-2)24(28)32-20-27(3,4)18-19-31-25(29)26(30,23-16-10-11-17-23)22-14-8-7-9-15-22/h7-9,14-15,21,23,30H,5-6,10-13,16-20H2,1-4H3/q+1/t26-/m0/s1. The van der Waals surface area contributed by atoms with Gasteiger partial charge in [0.05, 0.1) is 20.0 Å². The van der Waals surface area contributed by atoms with Crippen molar-refractivity contribution < 1.29 is 28.7 Å². The molecule has 6 heteroatoms. The maximum absolute atomic E-state index is 13.1. The molecule has 1 fully saturated rings. The number of nitrogens with zero attached hydrogens (tertiary/aromatic N) is 1. The molecular weight excluding hydrogens is 406 g/mol. The van der Waals surface area contributed by atoms with E-state index in [0.717, 1.165) is 51.4 Å². The zero-order chi connectivity index (χ0) is 23.6. The van der Waals surface area contributed by atoms with Gasteiger partial charge in [0.25, 0.3) is 0 Å². The Bertz CT molecular complexity index is 708. The molecule has 0 unspecified atom stereocenters. The summed E-state index contributed by atoms with van der Waals surface area (Å²) < 4.78 is 11.6. The smallest absolute Gasteiger partial charge is 0.343 e. The average molecular weight is 449 g/mol. The van der Waals surface area contributed by atoms with Gasteiger partial charge >= 0.3 is 11.9 Å². The Morgan fingerprint density at radius 1 is 1.06 bits per heavy atom. The minimum atomic E-state index is -1.62. The summed E-state index contributed by atoms with van der Waals surface area (Å²) in [5, 5.41) is 11.5. The van der Waals surface area contributed by atoms with Crippen molar-refractivity contribution in [2.75, 3.05) is 34.0 Å². The molecule has 0 bridgehead atoms.